The van der Waals surface area contributed by atoms with E-state index in [9.17, 15) is 14.4 Å². The maximum Gasteiger partial charge on any atom is 0.338 e. The summed E-state index contributed by atoms with van der Waals surface area (Å²) in [6, 6.07) is 16.4. The summed E-state index contributed by atoms with van der Waals surface area (Å²) in [4.78, 5) is 37.2. The Morgan fingerprint density at radius 2 is 1.78 bits per heavy atom. The van der Waals surface area contributed by atoms with E-state index in [0.29, 0.717) is 49.4 Å². The van der Waals surface area contributed by atoms with Crippen molar-refractivity contribution in [2.45, 2.75) is 26.5 Å². The Morgan fingerprint density at radius 3 is 2.43 bits per heavy atom. The first-order valence-electron chi connectivity index (χ1n) is 13.8. The molecule has 3 aromatic rings. The molecule has 0 unspecified atom stereocenters. The van der Waals surface area contributed by atoms with Crippen molar-refractivity contribution in [2.75, 3.05) is 20.3 Å². The summed E-state index contributed by atoms with van der Waals surface area (Å²) in [5.74, 6) is 0.0752. The lowest BCUT2D eigenvalue weighted by molar-refractivity contribution is -0.139. The van der Waals surface area contributed by atoms with Gasteiger partial charge in [-0.2, -0.15) is 10.4 Å². The molecule has 0 aromatic heterocycles. The zero-order valence-corrected chi connectivity index (χ0v) is 28.2. The monoisotopic (exact) mass is 753 g/mol. The Hall–Kier alpha value is -4.87. The molecule has 14 heteroatoms. The van der Waals surface area contributed by atoms with E-state index in [0.717, 1.165) is 5.56 Å². The highest BCUT2D eigenvalue weighted by molar-refractivity contribution is 9.11. The van der Waals surface area contributed by atoms with Crippen LogP contribution in [-0.4, -0.2) is 44.4 Å². The SMILES string of the molecule is CCOC(=O)C1=C(C)NC(=O)N[C@H]1c1ccc(OCC(=O)N/N=C/c2cc(Br)c(OCc3ccc(C#N)cc3)c(Br)c2)c(OC)c1. The number of benzene rings is 3. The van der Waals surface area contributed by atoms with E-state index in [-0.39, 0.29) is 24.5 Å². The van der Waals surface area contributed by atoms with Crippen molar-refractivity contribution in [3.8, 4) is 23.3 Å². The molecular formula is C32H29Br2N5O7. The summed E-state index contributed by atoms with van der Waals surface area (Å²) < 4.78 is 23.6. The molecule has 3 aromatic carbocycles. The van der Waals surface area contributed by atoms with Gasteiger partial charge in [-0.05, 0) is 98.8 Å². The maximum atomic E-state index is 12.6. The number of allylic oxidation sites excluding steroid dienone is 1. The Morgan fingerprint density at radius 1 is 1.07 bits per heavy atom. The predicted molar refractivity (Wildman–Crippen MR) is 175 cm³/mol. The van der Waals surface area contributed by atoms with Gasteiger partial charge in [0.2, 0.25) is 0 Å². The van der Waals surface area contributed by atoms with Gasteiger partial charge >= 0.3 is 12.0 Å². The summed E-state index contributed by atoms with van der Waals surface area (Å²) >= 11 is 7.01. The molecule has 1 aliphatic heterocycles. The lowest BCUT2D eigenvalue weighted by Crippen LogP contribution is -2.45. The van der Waals surface area contributed by atoms with Gasteiger partial charge < -0.3 is 29.6 Å². The molecule has 3 amide bonds. The third-order valence-electron chi connectivity index (χ3n) is 6.53. The van der Waals surface area contributed by atoms with Gasteiger partial charge in [-0.25, -0.2) is 15.0 Å². The van der Waals surface area contributed by atoms with Crippen LogP contribution < -0.4 is 30.3 Å². The van der Waals surface area contributed by atoms with E-state index in [4.69, 9.17) is 24.2 Å². The number of nitrogens with zero attached hydrogens (tertiary/aromatic N) is 2. The normalized spacial score (nSPS) is 14.2. The second-order valence-electron chi connectivity index (χ2n) is 9.69. The molecule has 0 saturated heterocycles. The number of hydrogen-bond donors (Lipinski definition) is 3. The summed E-state index contributed by atoms with van der Waals surface area (Å²) in [5.41, 5.74) is 5.78. The average molecular weight is 755 g/mol. The van der Waals surface area contributed by atoms with E-state index >= 15 is 0 Å². The minimum Gasteiger partial charge on any atom is -0.493 e. The molecule has 3 N–H and O–H groups in total. The van der Waals surface area contributed by atoms with Gasteiger partial charge in [-0.15, -0.1) is 0 Å². The quantitative estimate of drug-likeness (QED) is 0.126. The highest BCUT2D eigenvalue weighted by Crippen LogP contribution is 2.36. The van der Waals surface area contributed by atoms with Gasteiger partial charge in [0.15, 0.2) is 18.1 Å². The molecule has 0 saturated carbocycles. The molecule has 0 radical (unpaired) electrons. The minimum absolute atomic E-state index is 0.177. The third-order valence-corrected chi connectivity index (χ3v) is 7.71. The van der Waals surface area contributed by atoms with E-state index < -0.39 is 23.9 Å². The zero-order valence-electron chi connectivity index (χ0n) is 25.0. The van der Waals surface area contributed by atoms with Gasteiger partial charge in [-0.3, -0.25) is 4.79 Å². The van der Waals surface area contributed by atoms with Crippen LogP contribution in [0.15, 0.2) is 79.9 Å². The number of amides is 3. The minimum atomic E-state index is -0.781. The van der Waals surface area contributed by atoms with Gasteiger partial charge in [0.1, 0.15) is 12.4 Å². The van der Waals surface area contributed by atoms with Crippen molar-refractivity contribution in [2.24, 2.45) is 5.10 Å². The van der Waals surface area contributed by atoms with E-state index in [2.05, 4.69) is 59.1 Å². The number of carbonyl (C=O) groups excluding carboxylic acids is 3. The van der Waals surface area contributed by atoms with Crippen LogP contribution in [0.1, 0.15) is 42.1 Å². The standard InChI is InChI=1S/C32H29Br2N5O7/c1-4-44-31(41)28-18(2)37-32(42)38-29(28)22-9-10-25(26(13-22)43-3)45-17-27(40)39-36-15-21-11-23(33)30(24(34)12-21)46-16-20-7-5-19(14-35)6-8-20/h5-13,15,29H,4,16-17H2,1-3H3,(H,39,40)(H2,37,38,42)/b36-15+/t29-/m0/s1. The Labute approximate surface area is 282 Å². The fraction of sp³-hybridized carbons (Fsp3) is 0.219. The molecule has 1 heterocycles. The number of ether oxygens (including phenoxy) is 4. The van der Waals surface area contributed by atoms with Crippen LogP contribution in [0, 0.1) is 11.3 Å². The average Bonchev–Trinajstić information content (AvgIpc) is 3.03. The lowest BCUT2D eigenvalue weighted by atomic mass is 9.95. The van der Waals surface area contributed by atoms with Crippen molar-refractivity contribution in [1.29, 1.82) is 5.26 Å². The topological polar surface area (TPSA) is 160 Å². The molecule has 0 aliphatic carbocycles. The van der Waals surface area contributed by atoms with Gasteiger partial charge in [0, 0.05) is 5.70 Å². The highest BCUT2D eigenvalue weighted by atomic mass is 79.9. The predicted octanol–water partition coefficient (Wildman–Crippen LogP) is 5.39. The number of nitriles is 1. The number of carbonyl (C=O) groups is 3. The third kappa shape index (κ3) is 8.64. The van der Waals surface area contributed by atoms with Crippen LogP contribution >= 0.6 is 31.9 Å². The van der Waals surface area contributed by atoms with Crippen molar-refractivity contribution in [3.63, 3.8) is 0 Å². The zero-order chi connectivity index (χ0) is 33.2. The highest BCUT2D eigenvalue weighted by Gasteiger charge is 2.32. The summed E-state index contributed by atoms with van der Waals surface area (Å²) in [6.07, 6.45) is 1.47. The number of methoxy groups -OCH3 is 1. The van der Waals surface area contributed by atoms with Gasteiger partial charge in [0.25, 0.3) is 5.91 Å². The fourth-order valence-corrected chi connectivity index (χ4v) is 5.83. The van der Waals surface area contributed by atoms with Crippen LogP contribution in [-0.2, 0) is 20.9 Å². The summed E-state index contributed by atoms with van der Waals surface area (Å²) in [7, 11) is 1.43. The van der Waals surface area contributed by atoms with Crippen LogP contribution in [0.4, 0.5) is 4.79 Å². The molecular weight excluding hydrogens is 726 g/mol. The van der Waals surface area contributed by atoms with Crippen molar-refractivity contribution < 1.29 is 33.3 Å². The summed E-state index contributed by atoms with van der Waals surface area (Å²) in [6.45, 7) is 3.44. The van der Waals surface area contributed by atoms with Crippen LogP contribution in [0.5, 0.6) is 17.2 Å². The molecule has 0 spiro atoms. The molecule has 238 valence electrons. The number of nitrogens with one attached hydrogen (secondary N) is 3. The fourth-order valence-electron chi connectivity index (χ4n) is 4.38. The Kier molecular flexibility index (Phi) is 11.8. The molecule has 4 rings (SSSR count). The van der Waals surface area contributed by atoms with Gasteiger partial charge in [-0.1, -0.05) is 18.2 Å². The van der Waals surface area contributed by atoms with Crippen molar-refractivity contribution in [3.05, 3.63) is 97.1 Å². The Balaban J connectivity index is 1.35. The van der Waals surface area contributed by atoms with E-state index in [1.165, 1.54) is 13.3 Å². The first kappa shape index (κ1) is 34.0. The molecule has 46 heavy (non-hydrogen) atoms. The van der Waals surface area contributed by atoms with Crippen LogP contribution in [0.2, 0.25) is 0 Å². The van der Waals surface area contributed by atoms with Gasteiger partial charge in [0.05, 0.1) is 52.1 Å². The van der Waals surface area contributed by atoms with E-state index in [1.54, 1.807) is 56.3 Å². The van der Waals surface area contributed by atoms with Crippen molar-refractivity contribution in [1.82, 2.24) is 16.1 Å². The van der Waals surface area contributed by atoms with Crippen LogP contribution in [0.25, 0.3) is 0 Å². The molecule has 0 fully saturated rings. The second-order valence-corrected chi connectivity index (χ2v) is 11.4. The number of urea groups is 1. The number of hydrogen-bond acceptors (Lipinski definition) is 9. The first-order chi connectivity index (χ1) is 22.1. The molecule has 1 atom stereocenters. The van der Waals surface area contributed by atoms with Crippen molar-refractivity contribution >= 4 is 56.0 Å². The maximum absolute atomic E-state index is 12.6. The number of esters is 1. The van der Waals surface area contributed by atoms with Crippen LogP contribution in [0.3, 0.4) is 0 Å². The number of rotatable bonds is 12. The largest absolute Gasteiger partial charge is 0.493 e. The lowest BCUT2D eigenvalue weighted by Gasteiger charge is -2.28. The summed E-state index contributed by atoms with van der Waals surface area (Å²) in [5, 5.41) is 18.3. The molecule has 1 aliphatic rings. The smallest absolute Gasteiger partial charge is 0.338 e. The first-order valence-corrected chi connectivity index (χ1v) is 15.4. The molecule has 0 bridgehead atoms. The van der Waals surface area contributed by atoms with E-state index in [1.807, 2.05) is 12.1 Å². The number of hydrazone groups is 1. The second kappa shape index (κ2) is 15.9. The molecule has 12 nitrogen and oxygen atoms in total. The number of halogens is 2. The Bertz CT molecular complexity index is 1710.